The average molecular weight is 506 g/mol. The van der Waals surface area contributed by atoms with Crippen molar-refractivity contribution in [1.29, 1.82) is 0 Å². The summed E-state index contributed by atoms with van der Waals surface area (Å²) in [5.74, 6) is 5.18. The van der Waals surface area contributed by atoms with E-state index in [1.54, 1.807) is 20.8 Å². The smallest absolute Gasteiger partial charge is 0.407 e. The van der Waals surface area contributed by atoms with Crippen LogP contribution in [-0.4, -0.2) is 47.2 Å². The largest absolute Gasteiger partial charge is 0.492 e. The fourth-order valence-electron chi connectivity index (χ4n) is 5.35. The minimum Gasteiger partial charge on any atom is -0.492 e. The van der Waals surface area contributed by atoms with E-state index in [1.165, 1.54) is 11.7 Å². The van der Waals surface area contributed by atoms with Gasteiger partial charge in [0, 0.05) is 31.1 Å². The normalized spacial score (nSPS) is 20.4. The molecule has 2 atom stereocenters. The summed E-state index contributed by atoms with van der Waals surface area (Å²) in [5.41, 5.74) is -1.91. The molecule has 2 unspecified atom stereocenters. The van der Waals surface area contributed by atoms with Gasteiger partial charge in [-0.3, -0.25) is 9.36 Å². The SMILES string of the molecule is COc1c(N2CC(C(C)NC(=O)OC(C)(C)C)C(C)(C)C2)c(F)cc2c(=O)n(N)c(=O)n(C3CC3)c12. The molecule has 1 aromatic heterocycles. The molecule has 11 heteroatoms. The molecule has 198 valence electrons. The van der Waals surface area contributed by atoms with E-state index in [0.717, 1.165) is 18.9 Å². The molecule has 1 aliphatic carbocycles. The van der Waals surface area contributed by atoms with Crippen LogP contribution in [0.3, 0.4) is 0 Å². The van der Waals surface area contributed by atoms with E-state index in [9.17, 15) is 14.4 Å². The third-order valence-corrected chi connectivity index (χ3v) is 7.08. The number of rotatable bonds is 5. The highest BCUT2D eigenvalue weighted by molar-refractivity contribution is 5.91. The van der Waals surface area contributed by atoms with E-state index in [4.69, 9.17) is 15.3 Å². The lowest BCUT2D eigenvalue weighted by atomic mass is 9.78. The summed E-state index contributed by atoms with van der Waals surface area (Å²) in [6, 6.07) is 0.756. The predicted octanol–water partition coefficient (Wildman–Crippen LogP) is 2.74. The third-order valence-electron chi connectivity index (χ3n) is 7.08. The number of benzene rings is 1. The second kappa shape index (κ2) is 8.70. The summed E-state index contributed by atoms with van der Waals surface area (Å²) in [6.45, 7) is 12.3. The molecule has 36 heavy (non-hydrogen) atoms. The van der Waals surface area contributed by atoms with Gasteiger partial charge < -0.3 is 25.5 Å². The number of nitrogens with zero attached hydrogens (tertiary/aromatic N) is 3. The van der Waals surface area contributed by atoms with Gasteiger partial charge in [0.25, 0.3) is 5.56 Å². The molecule has 0 radical (unpaired) electrons. The zero-order valence-corrected chi connectivity index (χ0v) is 22.0. The van der Waals surface area contributed by atoms with Crippen LogP contribution in [0.1, 0.15) is 60.4 Å². The van der Waals surface area contributed by atoms with Gasteiger partial charge in [0.2, 0.25) is 0 Å². The molecule has 3 N–H and O–H groups in total. The molecule has 1 saturated heterocycles. The molecule has 2 aliphatic rings. The number of anilines is 1. The molecule has 1 saturated carbocycles. The van der Waals surface area contributed by atoms with Gasteiger partial charge in [0.05, 0.1) is 12.5 Å². The number of methoxy groups -OCH3 is 1. The first-order valence-electron chi connectivity index (χ1n) is 12.2. The molecule has 10 nitrogen and oxygen atoms in total. The lowest BCUT2D eigenvalue weighted by molar-refractivity contribution is 0.0476. The van der Waals surface area contributed by atoms with Crippen LogP contribution in [0.15, 0.2) is 15.7 Å². The highest BCUT2D eigenvalue weighted by atomic mass is 19.1. The van der Waals surface area contributed by atoms with Crippen LogP contribution < -0.4 is 32.0 Å². The lowest BCUT2D eigenvalue weighted by Gasteiger charge is -2.31. The Bertz CT molecular complexity index is 1320. The number of amides is 1. The van der Waals surface area contributed by atoms with Gasteiger partial charge >= 0.3 is 11.8 Å². The Morgan fingerprint density at radius 2 is 1.92 bits per heavy atom. The standard InChI is InChI=1S/C25H36FN5O5/c1-13(28-22(33)36-24(2,3)4)16-11-29(12-25(16,5)6)19-17(26)10-15-18(20(19)35-7)30(14-8-9-14)23(34)31(27)21(15)32/h10,13-14,16H,8-9,11-12,27H2,1-7H3,(H,28,33). The van der Waals surface area contributed by atoms with E-state index in [1.807, 2.05) is 11.8 Å². The Labute approximate surface area is 209 Å². The number of carbonyl (C=O) groups is 1. The molecular formula is C25H36FN5O5. The van der Waals surface area contributed by atoms with E-state index in [2.05, 4.69) is 19.2 Å². The molecule has 2 heterocycles. The van der Waals surface area contributed by atoms with E-state index >= 15 is 4.39 Å². The van der Waals surface area contributed by atoms with Gasteiger partial charge in [-0.2, -0.15) is 4.68 Å². The number of hydrogen-bond acceptors (Lipinski definition) is 7. The number of alkyl carbamates (subject to hydrolysis) is 1. The van der Waals surface area contributed by atoms with Crippen molar-refractivity contribution in [2.24, 2.45) is 11.3 Å². The summed E-state index contributed by atoms with van der Waals surface area (Å²) < 4.78 is 28.7. The minimum atomic E-state index is -0.773. The second-order valence-corrected chi connectivity index (χ2v) is 11.6. The summed E-state index contributed by atoms with van der Waals surface area (Å²) in [4.78, 5) is 39.9. The van der Waals surface area contributed by atoms with Crippen molar-refractivity contribution >= 4 is 22.7 Å². The van der Waals surface area contributed by atoms with Crippen LogP contribution in [0.4, 0.5) is 14.9 Å². The topological polar surface area (TPSA) is 121 Å². The summed E-state index contributed by atoms with van der Waals surface area (Å²) in [6.07, 6.45) is 1.01. The van der Waals surface area contributed by atoms with Crippen molar-refractivity contribution in [2.75, 3.05) is 30.9 Å². The molecule has 0 spiro atoms. The fourth-order valence-corrected chi connectivity index (χ4v) is 5.35. The van der Waals surface area contributed by atoms with Crippen molar-refractivity contribution in [3.63, 3.8) is 0 Å². The van der Waals surface area contributed by atoms with Gasteiger partial charge in [-0.25, -0.2) is 14.0 Å². The van der Waals surface area contributed by atoms with Crippen molar-refractivity contribution in [2.45, 2.75) is 72.1 Å². The maximum Gasteiger partial charge on any atom is 0.407 e. The fraction of sp³-hybridized carbons (Fsp3) is 0.640. The Morgan fingerprint density at radius 3 is 2.47 bits per heavy atom. The lowest BCUT2D eigenvalue weighted by Crippen LogP contribution is -2.45. The zero-order chi connectivity index (χ0) is 26.7. The molecular weight excluding hydrogens is 469 g/mol. The van der Waals surface area contributed by atoms with Gasteiger partial charge in [0.15, 0.2) is 11.6 Å². The first-order valence-corrected chi connectivity index (χ1v) is 12.2. The van der Waals surface area contributed by atoms with Crippen molar-refractivity contribution in [3.8, 4) is 5.75 Å². The van der Waals surface area contributed by atoms with Crippen molar-refractivity contribution in [1.82, 2.24) is 14.6 Å². The van der Waals surface area contributed by atoms with E-state index in [0.29, 0.717) is 17.8 Å². The predicted molar refractivity (Wildman–Crippen MR) is 136 cm³/mol. The Kier molecular flexibility index (Phi) is 6.25. The van der Waals surface area contributed by atoms with Gasteiger partial charge in [-0.1, -0.05) is 13.8 Å². The number of halogens is 1. The van der Waals surface area contributed by atoms with Crippen molar-refractivity contribution < 1.29 is 18.7 Å². The summed E-state index contributed by atoms with van der Waals surface area (Å²) in [5, 5.41) is 2.91. The van der Waals surface area contributed by atoms with Crippen molar-refractivity contribution in [3.05, 3.63) is 32.7 Å². The number of nitrogens with one attached hydrogen (secondary N) is 1. The van der Waals surface area contributed by atoms with Gasteiger partial charge in [0.1, 0.15) is 16.8 Å². The summed E-state index contributed by atoms with van der Waals surface area (Å²) in [7, 11) is 1.40. The third kappa shape index (κ3) is 4.51. The molecule has 1 amide bonds. The Morgan fingerprint density at radius 1 is 1.28 bits per heavy atom. The second-order valence-electron chi connectivity index (χ2n) is 11.6. The summed E-state index contributed by atoms with van der Waals surface area (Å²) >= 11 is 0. The van der Waals surface area contributed by atoms with E-state index in [-0.39, 0.29) is 45.8 Å². The first-order chi connectivity index (χ1) is 16.7. The number of ether oxygens (including phenoxy) is 2. The van der Waals surface area contributed by atoms with Crippen LogP contribution in [0.25, 0.3) is 10.9 Å². The molecule has 1 aliphatic heterocycles. The Hall–Kier alpha value is -3.24. The number of nitrogens with two attached hydrogens (primary N) is 1. The number of hydrogen-bond donors (Lipinski definition) is 2. The monoisotopic (exact) mass is 505 g/mol. The Balaban J connectivity index is 1.77. The maximum atomic E-state index is 15.7. The minimum absolute atomic E-state index is 0.00272. The van der Waals surface area contributed by atoms with Crippen LogP contribution in [0.2, 0.25) is 0 Å². The van der Waals surface area contributed by atoms with Gasteiger partial charge in [-0.05, 0) is 52.0 Å². The number of aromatic nitrogens is 2. The van der Waals surface area contributed by atoms with Crippen LogP contribution in [0, 0.1) is 17.2 Å². The maximum absolute atomic E-state index is 15.7. The number of fused-ring (bicyclic) bond motifs is 1. The van der Waals surface area contributed by atoms with Crippen LogP contribution >= 0.6 is 0 Å². The molecule has 1 aromatic carbocycles. The number of nitrogen functional groups attached to an aromatic ring is 1. The zero-order valence-electron chi connectivity index (χ0n) is 22.0. The van der Waals surface area contributed by atoms with Gasteiger partial charge in [-0.15, -0.1) is 0 Å². The van der Waals surface area contributed by atoms with E-state index < -0.39 is 28.8 Å². The molecule has 2 fully saturated rings. The van der Waals surface area contributed by atoms with Crippen LogP contribution in [-0.2, 0) is 4.74 Å². The molecule has 2 aromatic rings. The van der Waals surface area contributed by atoms with Crippen LogP contribution in [0.5, 0.6) is 5.75 Å². The molecule has 4 rings (SSSR count). The quantitative estimate of drug-likeness (QED) is 0.600. The highest BCUT2D eigenvalue weighted by Gasteiger charge is 2.45. The average Bonchev–Trinajstić information content (AvgIpc) is 3.53. The first kappa shape index (κ1) is 25.8. The molecule has 0 bridgehead atoms. The highest BCUT2D eigenvalue weighted by Crippen LogP contribution is 2.46. The number of carbonyl (C=O) groups excluding carboxylic acids is 1.